The van der Waals surface area contributed by atoms with Gasteiger partial charge in [0.05, 0.1) is 85.5 Å². The zero-order chi connectivity index (χ0) is 44.9. The molecule has 0 aliphatic carbocycles. The van der Waals surface area contributed by atoms with Crippen molar-refractivity contribution >= 4 is 43.6 Å². The molecule has 302 valence electrons. The van der Waals surface area contributed by atoms with Gasteiger partial charge in [-0.1, -0.05) is 84.9 Å². The van der Waals surface area contributed by atoms with Crippen molar-refractivity contribution in [2.75, 3.05) is 0 Å². The van der Waals surface area contributed by atoms with Crippen molar-refractivity contribution in [3.63, 3.8) is 0 Å². The van der Waals surface area contributed by atoms with Gasteiger partial charge >= 0.3 is 0 Å². The third-order valence-electron chi connectivity index (χ3n) is 11.9. The molecule has 3 heterocycles. The molecule has 10 nitrogen and oxygen atoms in total. The fourth-order valence-corrected chi connectivity index (χ4v) is 8.94. The van der Waals surface area contributed by atoms with Crippen molar-refractivity contribution in [1.82, 2.24) is 24.1 Å². The van der Waals surface area contributed by atoms with Crippen molar-refractivity contribution in [3.8, 4) is 87.0 Å². The maximum absolute atomic E-state index is 10.9. The van der Waals surface area contributed by atoms with Gasteiger partial charge < -0.3 is 9.13 Å². The highest BCUT2D eigenvalue weighted by Crippen LogP contribution is 2.43. The average molecular weight is 841 g/mol. The number of benzene rings is 8. The second-order valence-electron chi connectivity index (χ2n) is 15.6. The monoisotopic (exact) mass is 840 g/mol. The number of nitriles is 5. The molecule has 0 saturated carbocycles. The molecule has 11 rings (SSSR count). The fourth-order valence-electron chi connectivity index (χ4n) is 8.94. The van der Waals surface area contributed by atoms with Crippen LogP contribution < -0.4 is 0 Å². The van der Waals surface area contributed by atoms with Crippen LogP contribution in [0.25, 0.3) is 100 Å². The minimum Gasteiger partial charge on any atom is -0.309 e. The quantitative estimate of drug-likeness (QED) is 0.159. The zero-order valence-electron chi connectivity index (χ0n) is 34.6. The number of fused-ring (bicyclic) bond motifs is 6. The Labute approximate surface area is 377 Å². The smallest absolute Gasteiger partial charge is 0.164 e. The largest absolute Gasteiger partial charge is 0.309 e. The average Bonchev–Trinajstić information content (AvgIpc) is 3.89. The minimum absolute atomic E-state index is 0.395. The summed E-state index contributed by atoms with van der Waals surface area (Å²) in [7, 11) is 0. The molecule has 0 spiro atoms. The lowest BCUT2D eigenvalue weighted by molar-refractivity contribution is 1.07. The molecule has 0 atom stereocenters. The van der Waals surface area contributed by atoms with E-state index in [9.17, 15) is 26.3 Å². The molecule has 0 radical (unpaired) electrons. The predicted octanol–water partition coefficient (Wildman–Crippen LogP) is 12.1. The van der Waals surface area contributed by atoms with E-state index in [0.717, 1.165) is 60.3 Å². The normalized spacial score (nSPS) is 11.0. The van der Waals surface area contributed by atoms with Crippen LogP contribution in [-0.2, 0) is 0 Å². The van der Waals surface area contributed by atoms with Crippen molar-refractivity contribution in [3.05, 3.63) is 198 Å². The van der Waals surface area contributed by atoms with Gasteiger partial charge in [0.25, 0.3) is 0 Å². The minimum atomic E-state index is 0.395. The second kappa shape index (κ2) is 15.6. The summed E-state index contributed by atoms with van der Waals surface area (Å²) in [6.45, 7) is 0. The first-order valence-electron chi connectivity index (χ1n) is 20.8. The first-order valence-corrected chi connectivity index (χ1v) is 20.8. The highest BCUT2D eigenvalue weighted by atomic mass is 15.0. The van der Waals surface area contributed by atoms with E-state index < -0.39 is 0 Å². The number of hydrogen-bond acceptors (Lipinski definition) is 8. The van der Waals surface area contributed by atoms with Crippen molar-refractivity contribution in [2.45, 2.75) is 0 Å². The zero-order valence-corrected chi connectivity index (χ0v) is 34.6. The predicted molar refractivity (Wildman–Crippen MR) is 254 cm³/mol. The lowest BCUT2D eigenvalue weighted by Crippen LogP contribution is -2.05. The first-order chi connectivity index (χ1) is 32.5. The van der Waals surface area contributed by atoms with E-state index in [4.69, 9.17) is 15.0 Å². The molecule has 66 heavy (non-hydrogen) atoms. The molecule has 8 aromatic carbocycles. The molecule has 0 bridgehead atoms. The lowest BCUT2D eigenvalue weighted by atomic mass is 9.96. The van der Waals surface area contributed by atoms with Crippen LogP contribution >= 0.6 is 0 Å². The van der Waals surface area contributed by atoms with Gasteiger partial charge in [-0.3, -0.25) is 0 Å². The van der Waals surface area contributed by atoms with E-state index in [1.807, 2.05) is 144 Å². The maximum Gasteiger partial charge on any atom is 0.164 e. The van der Waals surface area contributed by atoms with Gasteiger partial charge in [0.2, 0.25) is 0 Å². The third kappa shape index (κ3) is 6.26. The summed E-state index contributed by atoms with van der Waals surface area (Å²) < 4.78 is 4.16. The fraction of sp³-hybridized carbons (Fsp3) is 0. The molecule has 0 N–H and O–H groups in total. The summed E-state index contributed by atoms with van der Waals surface area (Å²) in [6, 6.07) is 64.7. The van der Waals surface area contributed by atoms with Gasteiger partial charge in [-0.15, -0.1) is 0 Å². The van der Waals surface area contributed by atoms with Crippen molar-refractivity contribution < 1.29 is 0 Å². The topological polar surface area (TPSA) is 167 Å². The van der Waals surface area contributed by atoms with E-state index in [1.54, 1.807) is 30.3 Å². The first kappa shape index (κ1) is 38.7. The van der Waals surface area contributed by atoms with E-state index >= 15 is 0 Å². The highest BCUT2D eigenvalue weighted by molar-refractivity contribution is 6.12. The van der Waals surface area contributed by atoms with E-state index in [0.29, 0.717) is 67.8 Å². The van der Waals surface area contributed by atoms with Gasteiger partial charge in [-0.05, 0) is 84.9 Å². The van der Waals surface area contributed by atoms with Crippen LogP contribution in [0, 0.1) is 56.7 Å². The molecule has 0 fully saturated rings. The Kier molecular flexibility index (Phi) is 9.17. The number of para-hydroxylation sites is 1. The number of rotatable bonds is 6. The summed E-state index contributed by atoms with van der Waals surface area (Å²) in [4.78, 5) is 15.1. The van der Waals surface area contributed by atoms with Gasteiger partial charge in [-0.2, -0.15) is 26.3 Å². The Morgan fingerprint density at radius 2 is 0.758 bits per heavy atom. The van der Waals surface area contributed by atoms with Gasteiger partial charge in [-0.25, -0.2) is 15.0 Å². The summed E-state index contributed by atoms with van der Waals surface area (Å²) in [6.07, 6.45) is 0. The summed E-state index contributed by atoms with van der Waals surface area (Å²) in [5, 5.41) is 54.0. The maximum atomic E-state index is 10.9. The van der Waals surface area contributed by atoms with Gasteiger partial charge in [0.15, 0.2) is 17.5 Å². The Morgan fingerprint density at radius 1 is 0.333 bits per heavy atom. The Balaban J connectivity index is 1.26. The molecule has 10 heteroatoms. The van der Waals surface area contributed by atoms with Crippen LogP contribution in [0.2, 0.25) is 0 Å². The summed E-state index contributed by atoms with van der Waals surface area (Å²) in [5.74, 6) is 1.44. The molecule has 0 unspecified atom stereocenters. The van der Waals surface area contributed by atoms with E-state index in [-0.39, 0.29) is 0 Å². The van der Waals surface area contributed by atoms with Gasteiger partial charge in [0.1, 0.15) is 6.07 Å². The molecule has 0 saturated heterocycles. The van der Waals surface area contributed by atoms with Crippen LogP contribution in [-0.4, -0.2) is 24.1 Å². The number of aromatic nitrogens is 5. The summed E-state index contributed by atoms with van der Waals surface area (Å²) >= 11 is 0. The SMILES string of the molecule is N#Cc1ccc2c(c1)c1cc(C#N)ccc1n2-c1cc(-c2nc(-c3ccccc3)nc(-c3ccccc3)n2)ccc1-c1cccc(C#N)c1-n1c2ccc(C#N)cc2c2cc(C#N)ccc21. The number of nitrogens with zero attached hydrogens (tertiary/aromatic N) is 10. The Morgan fingerprint density at radius 3 is 1.18 bits per heavy atom. The van der Waals surface area contributed by atoms with E-state index in [2.05, 4.69) is 34.9 Å². The van der Waals surface area contributed by atoms with Crippen LogP contribution in [0.4, 0.5) is 0 Å². The molecule has 0 aliphatic rings. The van der Waals surface area contributed by atoms with E-state index in [1.165, 1.54) is 0 Å². The molecule has 11 aromatic rings. The molecular formula is C56H28N10. The molecular weight excluding hydrogens is 813 g/mol. The van der Waals surface area contributed by atoms with Crippen molar-refractivity contribution in [1.29, 1.82) is 26.3 Å². The Bertz CT molecular complexity index is 3850. The molecule has 3 aromatic heterocycles. The third-order valence-corrected chi connectivity index (χ3v) is 11.9. The second-order valence-corrected chi connectivity index (χ2v) is 15.6. The summed E-state index contributed by atoms with van der Waals surface area (Å²) in [5.41, 5.74) is 10.4. The lowest BCUT2D eigenvalue weighted by Gasteiger charge is -2.20. The van der Waals surface area contributed by atoms with Crippen LogP contribution in [0.3, 0.4) is 0 Å². The molecule has 0 amide bonds. The highest BCUT2D eigenvalue weighted by Gasteiger charge is 2.25. The molecule has 0 aliphatic heterocycles. The van der Waals surface area contributed by atoms with Crippen LogP contribution in [0.1, 0.15) is 27.8 Å². The van der Waals surface area contributed by atoms with Crippen molar-refractivity contribution in [2.24, 2.45) is 0 Å². The van der Waals surface area contributed by atoms with Gasteiger partial charge in [0, 0.05) is 49.4 Å². The van der Waals surface area contributed by atoms with Crippen LogP contribution in [0.5, 0.6) is 0 Å². The van der Waals surface area contributed by atoms with Crippen LogP contribution in [0.15, 0.2) is 170 Å². The standard InChI is InChI=1S/C56H28N10/c57-29-34-14-20-48-44(24-34)45-25-35(30-58)15-21-49(45)65(48)52-28-40(56-63-54(38-8-3-1-4-9-38)62-55(64-56)39-10-5-2-6-11-39)18-19-42(52)43-13-7-12-41(33-61)53(43)66-50-22-16-36(31-59)26-46(50)47-27-37(32-60)17-23-51(47)66/h1-28H. The number of hydrogen-bond donors (Lipinski definition) is 0. The Hall–Kier alpha value is -10.2.